The molecule has 0 bridgehead atoms. The lowest BCUT2D eigenvalue weighted by molar-refractivity contribution is 0.909. The zero-order valence-electron chi connectivity index (χ0n) is 9.33. The minimum Gasteiger partial charge on any atom is -0.326 e. The Labute approximate surface area is 102 Å². The molecule has 0 aromatic carbocycles. The van der Waals surface area contributed by atoms with E-state index in [1.165, 1.54) is 12.8 Å². The fourth-order valence-electron chi connectivity index (χ4n) is 1.66. The predicted octanol–water partition coefficient (Wildman–Crippen LogP) is 2.69. The highest BCUT2D eigenvalue weighted by Crippen LogP contribution is 2.40. The van der Waals surface area contributed by atoms with Gasteiger partial charge in [0.2, 0.25) is 0 Å². The number of imidazole rings is 1. The Kier molecular flexibility index (Phi) is 3.14. The van der Waals surface area contributed by atoms with Crippen molar-refractivity contribution in [3.63, 3.8) is 0 Å². The Morgan fingerprint density at radius 3 is 2.81 bits per heavy atom. The number of aromatic nitrogens is 3. The minimum atomic E-state index is -0.0984. The first-order valence-electron chi connectivity index (χ1n) is 5.52. The molecule has 1 aliphatic carbocycles. The molecule has 0 spiro atoms. The molecule has 2 aromatic rings. The van der Waals surface area contributed by atoms with Crippen molar-refractivity contribution < 1.29 is 0 Å². The van der Waals surface area contributed by atoms with Crippen molar-refractivity contribution in [3.8, 4) is 0 Å². The minimum absolute atomic E-state index is 0.0984. The van der Waals surface area contributed by atoms with Gasteiger partial charge in [0.05, 0.1) is 0 Å². The van der Waals surface area contributed by atoms with Crippen LogP contribution in [-0.4, -0.2) is 14.4 Å². The van der Waals surface area contributed by atoms with Crippen LogP contribution in [0.1, 0.15) is 38.4 Å². The van der Waals surface area contributed by atoms with Crippen LogP contribution in [-0.2, 0) is 0 Å². The van der Waals surface area contributed by atoms with Gasteiger partial charge in [-0.05, 0) is 28.8 Å². The fraction of sp³-hybridized carbons (Fsp3) is 0.455. The third-order valence-electron chi connectivity index (χ3n) is 2.49. The van der Waals surface area contributed by atoms with E-state index in [0.29, 0.717) is 16.0 Å². The highest BCUT2D eigenvalue weighted by Gasteiger charge is 2.29. The summed E-state index contributed by atoms with van der Waals surface area (Å²) in [6.45, 7) is 4.00. The Bertz CT molecular complexity index is 554. The van der Waals surface area contributed by atoms with Crippen LogP contribution in [0.5, 0.6) is 0 Å². The quantitative estimate of drug-likeness (QED) is 0.875. The van der Waals surface area contributed by atoms with Gasteiger partial charge in [0, 0.05) is 18.3 Å². The van der Waals surface area contributed by atoms with E-state index in [1.54, 1.807) is 6.20 Å². The molecule has 86 valence electrons. The first-order valence-corrected chi connectivity index (χ1v) is 6.32. The molecule has 0 radical (unpaired) electrons. The third kappa shape index (κ3) is 1.80. The molecule has 0 amide bonds. The highest BCUT2D eigenvalue weighted by atomic mass is 79.9. The zero-order chi connectivity index (χ0) is 11.7. The molecular formula is C11H14BrN3O. The number of nitrogens with one attached hydrogen (secondary N) is 1. The van der Waals surface area contributed by atoms with Gasteiger partial charge in [0.25, 0.3) is 5.56 Å². The lowest BCUT2D eigenvalue weighted by Gasteiger charge is -1.96. The second-order valence-electron chi connectivity index (χ2n) is 3.54. The molecule has 3 rings (SSSR count). The number of fused-ring (bicyclic) bond motifs is 1. The third-order valence-corrected chi connectivity index (χ3v) is 3.04. The molecule has 5 heteroatoms. The van der Waals surface area contributed by atoms with Crippen molar-refractivity contribution in [2.45, 2.75) is 32.6 Å². The van der Waals surface area contributed by atoms with Crippen molar-refractivity contribution in [2.24, 2.45) is 0 Å². The Morgan fingerprint density at radius 2 is 2.19 bits per heavy atom. The van der Waals surface area contributed by atoms with Gasteiger partial charge < -0.3 is 4.98 Å². The first kappa shape index (κ1) is 11.4. The Balaban J connectivity index is 0.000000457. The number of halogens is 1. The van der Waals surface area contributed by atoms with Crippen molar-refractivity contribution >= 4 is 21.4 Å². The molecule has 4 nitrogen and oxygen atoms in total. The summed E-state index contributed by atoms with van der Waals surface area (Å²) in [5.74, 6) is 1.54. The number of nitrogens with zero attached hydrogens (tertiary/aromatic N) is 2. The normalized spacial score (nSPS) is 14.7. The van der Waals surface area contributed by atoms with E-state index >= 15 is 0 Å². The molecule has 1 fully saturated rings. The Hall–Kier alpha value is -1.10. The van der Waals surface area contributed by atoms with E-state index in [0.717, 1.165) is 5.82 Å². The zero-order valence-corrected chi connectivity index (χ0v) is 10.9. The summed E-state index contributed by atoms with van der Waals surface area (Å²) in [7, 11) is 0. The molecule has 0 aliphatic heterocycles. The van der Waals surface area contributed by atoms with Crippen molar-refractivity contribution in [3.05, 3.63) is 33.2 Å². The van der Waals surface area contributed by atoms with E-state index in [-0.39, 0.29) is 5.56 Å². The molecule has 0 unspecified atom stereocenters. The van der Waals surface area contributed by atoms with Gasteiger partial charge in [-0.1, -0.05) is 13.8 Å². The second kappa shape index (κ2) is 4.41. The van der Waals surface area contributed by atoms with Crippen LogP contribution in [0.25, 0.3) is 5.52 Å². The largest absolute Gasteiger partial charge is 0.326 e. The lowest BCUT2D eigenvalue weighted by atomic mass is 10.4. The summed E-state index contributed by atoms with van der Waals surface area (Å²) >= 11 is 3.31. The molecule has 2 aromatic heterocycles. The maximum absolute atomic E-state index is 11.5. The van der Waals surface area contributed by atoms with E-state index in [2.05, 4.69) is 25.9 Å². The molecule has 2 heterocycles. The average molecular weight is 284 g/mol. The number of aromatic amines is 1. The van der Waals surface area contributed by atoms with E-state index in [4.69, 9.17) is 0 Å². The Morgan fingerprint density at radius 1 is 1.50 bits per heavy atom. The number of hydrogen-bond acceptors (Lipinski definition) is 2. The van der Waals surface area contributed by atoms with Crippen LogP contribution < -0.4 is 5.56 Å². The van der Waals surface area contributed by atoms with Gasteiger partial charge in [-0.25, -0.2) is 4.98 Å². The van der Waals surface area contributed by atoms with Crippen LogP contribution >= 0.6 is 15.9 Å². The van der Waals surface area contributed by atoms with E-state index in [1.807, 2.05) is 24.4 Å². The molecule has 1 N–H and O–H groups in total. The standard InChI is InChI=1S/C9H8BrN3O.C2H6/c10-7-6-9(14)11-3-4-13(6)8(12-7)5-1-2-5;1-2/h3-5H,1-2H2,(H,11,14);1-2H3. The average Bonchev–Trinajstić information content (AvgIpc) is 3.08. The second-order valence-corrected chi connectivity index (χ2v) is 4.29. The van der Waals surface area contributed by atoms with Crippen LogP contribution in [0.15, 0.2) is 21.8 Å². The summed E-state index contributed by atoms with van der Waals surface area (Å²) in [5.41, 5.74) is 0.508. The maximum atomic E-state index is 11.5. The predicted molar refractivity (Wildman–Crippen MR) is 66.8 cm³/mol. The van der Waals surface area contributed by atoms with Crippen molar-refractivity contribution in [1.29, 1.82) is 0 Å². The molecule has 0 saturated heterocycles. The SMILES string of the molecule is CC.O=c1[nH]ccn2c(C3CC3)nc(Br)c12. The van der Waals surface area contributed by atoms with Gasteiger partial charge in [0.1, 0.15) is 15.9 Å². The van der Waals surface area contributed by atoms with Crippen molar-refractivity contribution in [2.75, 3.05) is 0 Å². The monoisotopic (exact) mass is 283 g/mol. The molecule has 0 atom stereocenters. The summed E-state index contributed by atoms with van der Waals surface area (Å²) in [6, 6.07) is 0. The fourth-order valence-corrected chi connectivity index (χ4v) is 2.21. The number of rotatable bonds is 1. The summed E-state index contributed by atoms with van der Waals surface area (Å²) in [6.07, 6.45) is 5.86. The lowest BCUT2D eigenvalue weighted by Crippen LogP contribution is -2.08. The van der Waals surface area contributed by atoms with Gasteiger partial charge in [-0.15, -0.1) is 0 Å². The number of hydrogen-bond donors (Lipinski definition) is 1. The summed E-state index contributed by atoms with van der Waals surface area (Å²) < 4.78 is 2.52. The van der Waals surface area contributed by atoms with Crippen molar-refractivity contribution in [1.82, 2.24) is 14.4 Å². The topological polar surface area (TPSA) is 50.2 Å². The smallest absolute Gasteiger partial charge is 0.275 e. The van der Waals surface area contributed by atoms with Crippen LogP contribution in [0, 0.1) is 0 Å². The summed E-state index contributed by atoms with van der Waals surface area (Å²) in [4.78, 5) is 18.5. The maximum Gasteiger partial charge on any atom is 0.275 e. The van der Waals surface area contributed by atoms with Crippen LogP contribution in [0.3, 0.4) is 0 Å². The molecule has 16 heavy (non-hydrogen) atoms. The van der Waals surface area contributed by atoms with Gasteiger partial charge in [0.15, 0.2) is 0 Å². The molecule has 1 aliphatic rings. The summed E-state index contributed by atoms with van der Waals surface area (Å²) in [5, 5.41) is 0. The van der Waals surface area contributed by atoms with E-state index < -0.39 is 0 Å². The molecule has 1 saturated carbocycles. The van der Waals surface area contributed by atoms with Gasteiger partial charge in [-0.2, -0.15) is 0 Å². The van der Waals surface area contributed by atoms with Crippen LogP contribution in [0.4, 0.5) is 0 Å². The van der Waals surface area contributed by atoms with Crippen LogP contribution in [0.2, 0.25) is 0 Å². The first-order chi connectivity index (χ1) is 7.77. The van der Waals surface area contributed by atoms with Gasteiger partial charge >= 0.3 is 0 Å². The number of H-pyrrole nitrogens is 1. The van der Waals surface area contributed by atoms with Gasteiger partial charge in [-0.3, -0.25) is 9.20 Å². The highest BCUT2D eigenvalue weighted by molar-refractivity contribution is 9.10. The van der Waals surface area contributed by atoms with E-state index in [9.17, 15) is 4.79 Å². The molecular weight excluding hydrogens is 270 g/mol.